The monoisotopic (exact) mass is 553 g/mol. The van der Waals surface area contributed by atoms with Crippen molar-refractivity contribution in [3.63, 3.8) is 0 Å². The Morgan fingerprint density at radius 3 is 2.63 bits per heavy atom. The minimum Gasteiger partial charge on any atom is -0.497 e. The summed E-state index contributed by atoms with van der Waals surface area (Å²) >= 11 is 9.08. The largest absolute Gasteiger partial charge is 0.497 e. The quantitative estimate of drug-likeness (QED) is 0.276. The van der Waals surface area contributed by atoms with Gasteiger partial charge in [-0.1, -0.05) is 22.0 Å². The van der Waals surface area contributed by atoms with E-state index < -0.39 is 6.04 Å². The van der Waals surface area contributed by atoms with Crippen molar-refractivity contribution in [2.75, 3.05) is 19.1 Å². The van der Waals surface area contributed by atoms with E-state index in [4.69, 9.17) is 26.1 Å². The van der Waals surface area contributed by atoms with Crippen molar-refractivity contribution in [2.24, 2.45) is 0 Å². The van der Waals surface area contributed by atoms with Gasteiger partial charge in [0, 0.05) is 16.7 Å². The summed E-state index contributed by atoms with van der Waals surface area (Å²) < 4.78 is 32.7. The molecular formula is C26H21BrFN3O3S. The number of pyridine rings is 1. The summed E-state index contributed by atoms with van der Waals surface area (Å²) in [7, 11) is 3.20. The molecule has 0 aliphatic carbocycles. The Balaban J connectivity index is 1.65. The smallest absolute Gasteiger partial charge is 0.174 e. The van der Waals surface area contributed by atoms with Gasteiger partial charge >= 0.3 is 0 Å². The fourth-order valence-electron chi connectivity index (χ4n) is 4.23. The molecule has 0 spiro atoms. The minimum absolute atomic E-state index is 0.326. The molecule has 35 heavy (non-hydrogen) atoms. The molecule has 3 heterocycles. The Labute approximate surface area is 215 Å². The molecule has 178 valence electrons. The second kappa shape index (κ2) is 9.67. The number of anilines is 1. The van der Waals surface area contributed by atoms with E-state index >= 15 is 0 Å². The second-order valence-corrected chi connectivity index (χ2v) is 9.16. The Morgan fingerprint density at radius 2 is 1.91 bits per heavy atom. The molecule has 5 rings (SSSR count). The zero-order valence-electron chi connectivity index (χ0n) is 18.9. The van der Waals surface area contributed by atoms with E-state index in [0.29, 0.717) is 43.9 Å². The summed E-state index contributed by atoms with van der Waals surface area (Å²) in [5.74, 6) is 1.90. The maximum Gasteiger partial charge on any atom is 0.174 e. The number of aromatic nitrogens is 1. The van der Waals surface area contributed by atoms with Crippen molar-refractivity contribution in [3.05, 3.63) is 94.7 Å². The minimum atomic E-state index is -0.425. The first kappa shape index (κ1) is 23.3. The zero-order chi connectivity index (χ0) is 24.5. The van der Waals surface area contributed by atoms with E-state index in [0.717, 1.165) is 5.69 Å². The van der Waals surface area contributed by atoms with Gasteiger partial charge in [0.25, 0.3) is 0 Å². The molecule has 2 aromatic heterocycles. The molecule has 1 N–H and O–H groups in total. The van der Waals surface area contributed by atoms with Gasteiger partial charge in [0.2, 0.25) is 0 Å². The third-order valence-corrected chi connectivity index (χ3v) is 6.67. The molecule has 6 nitrogen and oxygen atoms in total. The van der Waals surface area contributed by atoms with Gasteiger partial charge in [-0.2, -0.15) is 0 Å². The van der Waals surface area contributed by atoms with Gasteiger partial charge in [-0.25, -0.2) is 4.39 Å². The van der Waals surface area contributed by atoms with Gasteiger partial charge in [-0.15, -0.1) is 0 Å². The number of nitrogens with zero attached hydrogens (tertiary/aromatic N) is 2. The maximum atomic E-state index is 14.7. The van der Waals surface area contributed by atoms with Gasteiger partial charge in [0.05, 0.1) is 37.2 Å². The van der Waals surface area contributed by atoms with Crippen LogP contribution in [0.4, 0.5) is 10.1 Å². The number of benzene rings is 2. The summed E-state index contributed by atoms with van der Waals surface area (Å²) in [5, 5.41) is 3.86. The average Bonchev–Trinajstić information content (AvgIpc) is 3.48. The Bertz CT molecular complexity index is 1380. The normalized spacial score (nSPS) is 17.4. The predicted octanol–water partition coefficient (Wildman–Crippen LogP) is 6.44. The molecule has 0 saturated carbocycles. The highest BCUT2D eigenvalue weighted by Gasteiger charge is 2.43. The van der Waals surface area contributed by atoms with Crippen molar-refractivity contribution in [3.8, 4) is 22.8 Å². The number of hydrogen-bond acceptors (Lipinski definition) is 5. The predicted molar refractivity (Wildman–Crippen MR) is 139 cm³/mol. The summed E-state index contributed by atoms with van der Waals surface area (Å²) in [5.41, 5.74) is 1.87. The second-order valence-electron chi connectivity index (χ2n) is 7.86. The molecular weight excluding hydrogens is 533 g/mol. The SMILES string of the molecule is COc1ccc(OC)c(N2C(=S)NC(c3ccccn3)C2c2ccc(-c3ccc(Br)cc3F)o2)c1. The number of furan rings is 1. The average molecular weight is 554 g/mol. The van der Waals surface area contributed by atoms with E-state index in [1.54, 1.807) is 38.6 Å². The molecule has 2 aromatic carbocycles. The van der Waals surface area contributed by atoms with Gasteiger partial charge in [-0.3, -0.25) is 4.98 Å². The van der Waals surface area contributed by atoms with Crippen LogP contribution < -0.4 is 19.7 Å². The lowest BCUT2D eigenvalue weighted by molar-refractivity contribution is 0.400. The van der Waals surface area contributed by atoms with Crippen LogP contribution in [0.15, 0.2) is 81.8 Å². The zero-order valence-corrected chi connectivity index (χ0v) is 21.3. The fourth-order valence-corrected chi connectivity index (χ4v) is 4.91. The van der Waals surface area contributed by atoms with Crippen LogP contribution in [0.25, 0.3) is 11.3 Å². The van der Waals surface area contributed by atoms with Crippen molar-refractivity contribution >= 4 is 38.9 Å². The number of hydrogen-bond donors (Lipinski definition) is 1. The van der Waals surface area contributed by atoms with Gasteiger partial charge in [-0.05, 0) is 66.8 Å². The van der Waals surface area contributed by atoms with E-state index in [1.807, 2.05) is 47.4 Å². The number of methoxy groups -OCH3 is 2. The van der Waals surface area contributed by atoms with Gasteiger partial charge in [0.15, 0.2) is 5.11 Å². The molecule has 2 unspecified atom stereocenters. The van der Waals surface area contributed by atoms with Crippen LogP contribution in [0.1, 0.15) is 23.5 Å². The summed E-state index contributed by atoms with van der Waals surface area (Å²) in [6.45, 7) is 0. The van der Waals surface area contributed by atoms with Crippen LogP contribution in [-0.2, 0) is 0 Å². The van der Waals surface area contributed by atoms with Crippen molar-refractivity contribution in [1.82, 2.24) is 10.3 Å². The van der Waals surface area contributed by atoms with Crippen molar-refractivity contribution in [1.29, 1.82) is 0 Å². The van der Waals surface area contributed by atoms with E-state index in [9.17, 15) is 4.39 Å². The fraction of sp³-hybridized carbons (Fsp3) is 0.154. The summed E-state index contributed by atoms with van der Waals surface area (Å²) in [6, 6.07) is 18.9. The highest BCUT2D eigenvalue weighted by atomic mass is 79.9. The standard InChI is InChI=1S/C26H21BrFN3O3S/c1-32-16-7-9-22(33-2)20(14-16)31-25(24(30-26(31)35)19-5-3-4-12-29-19)23-11-10-21(34-23)17-8-6-15(27)13-18(17)28/h3-14,24-25H,1-2H3,(H,30,35). The molecule has 0 radical (unpaired) electrons. The first-order valence-electron chi connectivity index (χ1n) is 10.8. The van der Waals surface area contributed by atoms with E-state index in [-0.39, 0.29) is 11.9 Å². The lowest BCUT2D eigenvalue weighted by Gasteiger charge is -2.27. The topological polar surface area (TPSA) is 59.8 Å². The lowest BCUT2D eigenvalue weighted by atomic mass is 10.0. The van der Waals surface area contributed by atoms with Crippen LogP contribution in [0.2, 0.25) is 0 Å². The number of rotatable bonds is 6. The molecule has 1 fully saturated rings. The molecule has 0 amide bonds. The van der Waals surface area contributed by atoms with Crippen molar-refractivity contribution < 1.29 is 18.3 Å². The summed E-state index contributed by atoms with van der Waals surface area (Å²) in [6.07, 6.45) is 1.73. The molecule has 1 saturated heterocycles. The highest BCUT2D eigenvalue weighted by molar-refractivity contribution is 9.10. The van der Waals surface area contributed by atoms with Crippen LogP contribution in [-0.4, -0.2) is 24.3 Å². The lowest BCUT2D eigenvalue weighted by Crippen LogP contribution is -2.29. The van der Waals surface area contributed by atoms with E-state index in [1.165, 1.54) is 6.07 Å². The molecule has 0 bridgehead atoms. The Morgan fingerprint density at radius 1 is 1.06 bits per heavy atom. The molecule has 2 atom stereocenters. The van der Waals surface area contributed by atoms with E-state index in [2.05, 4.69) is 26.2 Å². The first-order chi connectivity index (χ1) is 17.0. The third kappa shape index (κ3) is 4.37. The van der Waals surface area contributed by atoms with Gasteiger partial charge in [0.1, 0.15) is 34.9 Å². The molecule has 1 aliphatic heterocycles. The van der Waals surface area contributed by atoms with Gasteiger partial charge < -0.3 is 24.1 Å². The third-order valence-electron chi connectivity index (χ3n) is 5.86. The van der Waals surface area contributed by atoms with Crippen molar-refractivity contribution in [2.45, 2.75) is 12.1 Å². The molecule has 4 aromatic rings. The number of nitrogens with one attached hydrogen (secondary N) is 1. The van der Waals surface area contributed by atoms with Crippen LogP contribution in [0.5, 0.6) is 11.5 Å². The van der Waals surface area contributed by atoms with Crippen LogP contribution >= 0.6 is 28.1 Å². The number of halogens is 2. The van der Waals surface area contributed by atoms with Crippen LogP contribution in [0, 0.1) is 5.82 Å². The maximum absolute atomic E-state index is 14.7. The van der Waals surface area contributed by atoms with Crippen LogP contribution in [0.3, 0.4) is 0 Å². The highest BCUT2D eigenvalue weighted by Crippen LogP contribution is 2.46. The molecule has 1 aliphatic rings. The Kier molecular flexibility index (Phi) is 6.44. The first-order valence-corrected chi connectivity index (χ1v) is 12.0. The Hall–Kier alpha value is -3.43. The number of ether oxygens (including phenoxy) is 2. The summed E-state index contributed by atoms with van der Waals surface area (Å²) in [4.78, 5) is 6.48. The number of thiocarbonyl (C=S) groups is 1. The molecule has 9 heteroatoms.